The third-order valence-electron chi connectivity index (χ3n) is 3.41. The largest absolute Gasteiger partial charge is 0.475 e. The number of carboxylic acids is 1. The van der Waals surface area contributed by atoms with Crippen LogP contribution in [-0.2, 0) is 10.0 Å². The second-order valence-corrected chi connectivity index (χ2v) is 6.60. The average molecular weight is 303 g/mol. The number of hydrogen-bond acceptors (Lipinski definition) is 5. The summed E-state index contributed by atoms with van der Waals surface area (Å²) in [5.41, 5.74) is 0. The first-order valence-corrected chi connectivity index (χ1v) is 7.83. The van der Waals surface area contributed by atoms with Crippen LogP contribution >= 0.6 is 0 Å². The maximum atomic E-state index is 12.2. The van der Waals surface area contributed by atoms with Crippen LogP contribution in [0.25, 0.3) is 0 Å². The number of carboxylic acid groups (broad SMARTS) is 1. The minimum Gasteiger partial charge on any atom is -0.475 e. The van der Waals surface area contributed by atoms with Crippen LogP contribution in [0.1, 0.15) is 42.0 Å². The number of rotatable bonds is 4. The molecule has 3 N–H and O–H groups in total. The van der Waals surface area contributed by atoms with E-state index in [0.717, 1.165) is 18.9 Å². The molecule has 1 heterocycles. The van der Waals surface area contributed by atoms with Crippen molar-refractivity contribution in [3.63, 3.8) is 0 Å². The number of carbonyl (C=O) groups is 1. The van der Waals surface area contributed by atoms with E-state index in [4.69, 9.17) is 9.52 Å². The highest BCUT2D eigenvalue weighted by atomic mass is 32.2. The lowest BCUT2D eigenvalue weighted by Crippen LogP contribution is -2.45. The molecule has 0 aromatic carbocycles. The highest BCUT2D eigenvalue weighted by Crippen LogP contribution is 2.24. The molecule has 2 rings (SSSR count). The second kappa shape index (κ2) is 5.55. The lowest BCUT2D eigenvalue weighted by molar-refractivity contribution is 0.0661. The van der Waals surface area contributed by atoms with E-state index < -0.39 is 33.9 Å². The van der Waals surface area contributed by atoms with E-state index >= 15 is 0 Å². The van der Waals surface area contributed by atoms with Crippen molar-refractivity contribution >= 4 is 16.0 Å². The molecule has 0 spiro atoms. The molecular weight excluding hydrogens is 286 g/mol. The molecule has 0 saturated heterocycles. The fourth-order valence-corrected chi connectivity index (χ4v) is 3.83. The van der Waals surface area contributed by atoms with Gasteiger partial charge in [0.15, 0.2) is 0 Å². The number of nitrogens with one attached hydrogen (secondary N) is 1. The molecule has 1 aliphatic carbocycles. The number of aryl methyl sites for hydroxylation is 1. The quantitative estimate of drug-likeness (QED) is 0.759. The van der Waals surface area contributed by atoms with Gasteiger partial charge in [0.1, 0.15) is 10.7 Å². The van der Waals surface area contributed by atoms with Crippen LogP contribution in [0.5, 0.6) is 0 Å². The third-order valence-corrected chi connectivity index (χ3v) is 5.01. The Morgan fingerprint density at radius 2 is 2.05 bits per heavy atom. The van der Waals surface area contributed by atoms with Gasteiger partial charge in [0, 0.05) is 12.1 Å². The van der Waals surface area contributed by atoms with Crippen molar-refractivity contribution in [2.45, 2.75) is 49.6 Å². The van der Waals surface area contributed by atoms with E-state index in [-0.39, 0.29) is 10.7 Å². The van der Waals surface area contributed by atoms with E-state index in [0.29, 0.717) is 12.8 Å². The van der Waals surface area contributed by atoms with E-state index in [2.05, 4.69) is 4.72 Å². The summed E-state index contributed by atoms with van der Waals surface area (Å²) in [6.07, 6.45) is 2.10. The summed E-state index contributed by atoms with van der Waals surface area (Å²) in [4.78, 5) is 10.6. The predicted molar refractivity (Wildman–Crippen MR) is 69.0 cm³/mol. The van der Waals surface area contributed by atoms with Crippen LogP contribution in [-0.4, -0.2) is 36.7 Å². The number of furan rings is 1. The smallest absolute Gasteiger partial charge is 0.371 e. The van der Waals surface area contributed by atoms with Gasteiger partial charge >= 0.3 is 5.97 Å². The van der Waals surface area contributed by atoms with Gasteiger partial charge in [0.2, 0.25) is 15.8 Å². The third kappa shape index (κ3) is 3.02. The first kappa shape index (κ1) is 15.0. The van der Waals surface area contributed by atoms with Gasteiger partial charge in [-0.3, -0.25) is 0 Å². The predicted octanol–water partition coefficient (Wildman–Crippen LogP) is 0.868. The zero-order valence-electron chi connectivity index (χ0n) is 11.0. The molecule has 1 saturated carbocycles. The van der Waals surface area contributed by atoms with E-state index in [1.165, 1.54) is 6.92 Å². The average Bonchev–Trinajstić information content (AvgIpc) is 2.75. The van der Waals surface area contributed by atoms with E-state index in [9.17, 15) is 18.3 Å². The van der Waals surface area contributed by atoms with Crippen molar-refractivity contribution in [1.29, 1.82) is 0 Å². The van der Waals surface area contributed by atoms with Crippen molar-refractivity contribution in [2.24, 2.45) is 0 Å². The van der Waals surface area contributed by atoms with Gasteiger partial charge in [-0.2, -0.15) is 0 Å². The minimum absolute atomic E-state index is 0.0141. The van der Waals surface area contributed by atoms with Gasteiger partial charge in [0.05, 0.1) is 6.10 Å². The standard InChI is InChI=1S/C12H17NO6S/c1-7-11(6-10(19-7)12(15)16)20(17,18)13-8-4-2-3-5-9(8)14/h6,8-9,13-14H,2-5H2,1H3,(H,15,16). The number of hydrogen-bond donors (Lipinski definition) is 3. The Morgan fingerprint density at radius 1 is 1.40 bits per heavy atom. The zero-order chi connectivity index (χ0) is 14.9. The van der Waals surface area contributed by atoms with Crippen molar-refractivity contribution in [3.8, 4) is 0 Å². The lowest BCUT2D eigenvalue weighted by atomic mass is 9.93. The summed E-state index contributed by atoms with van der Waals surface area (Å²) in [5.74, 6) is -1.74. The molecule has 8 heteroatoms. The molecule has 1 aliphatic rings. The highest BCUT2D eigenvalue weighted by molar-refractivity contribution is 7.89. The maximum Gasteiger partial charge on any atom is 0.371 e. The van der Waals surface area contributed by atoms with Crippen molar-refractivity contribution in [3.05, 3.63) is 17.6 Å². The molecular formula is C12H17NO6S. The zero-order valence-corrected chi connectivity index (χ0v) is 11.8. The van der Waals surface area contributed by atoms with Crippen LogP contribution in [0.3, 0.4) is 0 Å². The first-order valence-electron chi connectivity index (χ1n) is 6.35. The number of aliphatic hydroxyl groups excluding tert-OH is 1. The summed E-state index contributed by atoms with van der Waals surface area (Å²) in [6, 6.07) is 0.436. The Hall–Kier alpha value is -1.38. The molecule has 7 nitrogen and oxygen atoms in total. The Bertz CT molecular complexity index is 605. The molecule has 1 aromatic heterocycles. The maximum absolute atomic E-state index is 12.2. The minimum atomic E-state index is -3.90. The fourth-order valence-electron chi connectivity index (χ4n) is 2.35. The number of aromatic carboxylic acids is 1. The first-order chi connectivity index (χ1) is 9.31. The molecule has 0 bridgehead atoms. The Kier molecular flexibility index (Phi) is 4.17. The van der Waals surface area contributed by atoms with Gasteiger partial charge in [-0.1, -0.05) is 12.8 Å². The molecule has 0 radical (unpaired) electrons. The Balaban J connectivity index is 2.24. The normalized spacial score (nSPS) is 23.7. The van der Waals surface area contributed by atoms with Crippen LogP contribution < -0.4 is 4.72 Å². The summed E-state index contributed by atoms with van der Waals surface area (Å²) < 4.78 is 31.8. The molecule has 2 atom stereocenters. The fraction of sp³-hybridized carbons (Fsp3) is 0.583. The van der Waals surface area contributed by atoms with Gasteiger partial charge in [-0.05, 0) is 19.8 Å². The van der Waals surface area contributed by atoms with E-state index in [1.807, 2.05) is 0 Å². The summed E-state index contributed by atoms with van der Waals surface area (Å²) >= 11 is 0. The molecule has 112 valence electrons. The summed E-state index contributed by atoms with van der Waals surface area (Å²) in [6.45, 7) is 1.39. The monoisotopic (exact) mass is 303 g/mol. The summed E-state index contributed by atoms with van der Waals surface area (Å²) in [5, 5.41) is 18.6. The van der Waals surface area contributed by atoms with Crippen LogP contribution in [0, 0.1) is 6.92 Å². The van der Waals surface area contributed by atoms with Crippen molar-refractivity contribution < 1.29 is 27.8 Å². The Labute approximate surface area is 116 Å². The van der Waals surface area contributed by atoms with Crippen LogP contribution in [0.4, 0.5) is 0 Å². The molecule has 20 heavy (non-hydrogen) atoms. The van der Waals surface area contributed by atoms with Crippen molar-refractivity contribution in [1.82, 2.24) is 4.72 Å². The lowest BCUT2D eigenvalue weighted by Gasteiger charge is -2.27. The van der Waals surface area contributed by atoms with Crippen LogP contribution in [0.15, 0.2) is 15.4 Å². The number of sulfonamides is 1. The SMILES string of the molecule is Cc1oc(C(=O)O)cc1S(=O)(=O)NC1CCCCC1O. The highest BCUT2D eigenvalue weighted by Gasteiger charge is 2.30. The number of aliphatic hydroxyl groups is 1. The Morgan fingerprint density at radius 3 is 2.60 bits per heavy atom. The van der Waals surface area contributed by atoms with Gasteiger partial charge in [-0.15, -0.1) is 0 Å². The van der Waals surface area contributed by atoms with Gasteiger partial charge in [0.25, 0.3) is 0 Å². The topological polar surface area (TPSA) is 117 Å². The molecule has 0 aliphatic heterocycles. The van der Waals surface area contributed by atoms with Gasteiger partial charge in [-0.25, -0.2) is 17.9 Å². The molecule has 2 unspecified atom stereocenters. The van der Waals surface area contributed by atoms with Crippen molar-refractivity contribution in [2.75, 3.05) is 0 Å². The van der Waals surface area contributed by atoms with Crippen LogP contribution in [0.2, 0.25) is 0 Å². The molecule has 1 aromatic rings. The molecule has 0 amide bonds. The molecule has 1 fully saturated rings. The summed E-state index contributed by atoms with van der Waals surface area (Å²) in [7, 11) is -3.90. The van der Waals surface area contributed by atoms with Gasteiger partial charge < -0.3 is 14.6 Å². The second-order valence-electron chi connectivity index (χ2n) is 4.92. The van der Waals surface area contributed by atoms with E-state index in [1.54, 1.807) is 0 Å².